The summed E-state index contributed by atoms with van der Waals surface area (Å²) in [5.41, 5.74) is 0.200. The van der Waals surface area contributed by atoms with Gasteiger partial charge >= 0.3 is 6.09 Å². The molecule has 0 radical (unpaired) electrons. The second kappa shape index (κ2) is 10.1. The lowest BCUT2D eigenvalue weighted by molar-refractivity contribution is -0.0427. The molecule has 1 heterocycles. The van der Waals surface area contributed by atoms with Gasteiger partial charge in [0.05, 0.1) is 18.2 Å². The van der Waals surface area contributed by atoms with Gasteiger partial charge in [-0.1, -0.05) is 45.2 Å². The lowest BCUT2D eigenvalue weighted by Crippen LogP contribution is -2.49. The first-order valence-corrected chi connectivity index (χ1v) is 9.72. The number of aliphatic hydroxyl groups excluding tert-OH is 1. The number of ether oxygens (including phenoxy) is 2. The number of rotatable bonds is 8. The maximum atomic E-state index is 12.6. The molecule has 1 aliphatic rings. The number of hydrogen-bond donors (Lipinski definition) is 1. The minimum atomic E-state index is -0.676. The maximum Gasteiger partial charge on any atom is 0.410 e. The molecular formula is C22H37NO4. The number of methoxy groups -OCH3 is 1. The van der Waals surface area contributed by atoms with E-state index >= 15 is 0 Å². The van der Waals surface area contributed by atoms with E-state index in [1.54, 1.807) is 30.2 Å². The first-order valence-electron chi connectivity index (χ1n) is 9.72. The molecule has 0 aliphatic carbocycles. The highest BCUT2D eigenvalue weighted by Crippen LogP contribution is 2.33. The van der Waals surface area contributed by atoms with E-state index in [9.17, 15) is 9.90 Å². The van der Waals surface area contributed by atoms with Gasteiger partial charge in [0.1, 0.15) is 5.60 Å². The van der Waals surface area contributed by atoms with Gasteiger partial charge in [-0.3, -0.25) is 0 Å². The van der Waals surface area contributed by atoms with Gasteiger partial charge in [-0.15, -0.1) is 0 Å². The van der Waals surface area contributed by atoms with Gasteiger partial charge in [0.2, 0.25) is 0 Å². The van der Waals surface area contributed by atoms with Crippen molar-refractivity contribution in [2.24, 2.45) is 11.8 Å². The van der Waals surface area contributed by atoms with Crippen LogP contribution in [0.4, 0.5) is 4.79 Å². The summed E-state index contributed by atoms with van der Waals surface area (Å²) in [4.78, 5) is 14.4. The van der Waals surface area contributed by atoms with Crippen molar-refractivity contribution in [2.75, 3.05) is 13.7 Å². The largest absolute Gasteiger partial charge is 0.444 e. The molecule has 1 fully saturated rings. The Balaban J connectivity index is 2.97. The van der Waals surface area contributed by atoms with Crippen molar-refractivity contribution in [3.8, 4) is 0 Å². The molecule has 0 saturated carbocycles. The van der Waals surface area contributed by atoms with Crippen LogP contribution in [0.1, 0.15) is 47.5 Å². The summed E-state index contributed by atoms with van der Waals surface area (Å²) in [5, 5.41) is 10.7. The predicted molar refractivity (Wildman–Crippen MR) is 110 cm³/mol. The molecule has 0 aromatic heterocycles. The van der Waals surface area contributed by atoms with Crippen LogP contribution in [-0.4, -0.2) is 53.6 Å². The van der Waals surface area contributed by atoms with Crippen LogP contribution in [0.25, 0.3) is 0 Å². The summed E-state index contributed by atoms with van der Waals surface area (Å²) in [6.07, 6.45) is 5.68. The topological polar surface area (TPSA) is 59.0 Å². The van der Waals surface area contributed by atoms with Gasteiger partial charge in [0, 0.05) is 13.7 Å². The van der Waals surface area contributed by atoms with Crippen molar-refractivity contribution >= 4 is 6.09 Å². The Kier molecular flexibility index (Phi) is 8.76. The zero-order valence-electron chi connectivity index (χ0n) is 17.8. The fraction of sp³-hybridized carbons (Fsp3) is 0.682. The zero-order chi connectivity index (χ0) is 20.8. The summed E-state index contributed by atoms with van der Waals surface area (Å²) < 4.78 is 11.4. The van der Waals surface area contributed by atoms with Crippen LogP contribution < -0.4 is 0 Å². The maximum absolute atomic E-state index is 12.6. The van der Waals surface area contributed by atoms with Crippen molar-refractivity contribution < 1.29 is 19.4 Å². The minimum absolute atomic E-state index is 0.0196. The SMILES string of the molecule is C=C/C=C(\C=C)C(O)C(C)C(C)C(OC)C1CCCN1C(=O)OC(C)(C)C. The van der Waals surface area contributed by atoms with Gasteiger partial charge in [-0.05, 0) is 51.0 Å². The quantitative estimate of drug-likeness (QED) is 0.638. The van der Waals surface area contributed by atoms with Crippen molar-refractivity contribution in [1.82, 2.24) is 4.90 Å². The van der Waals surface area contributed by atoms with E-state index < -0.39 is 11.7 Å². The number of aliphatic hydroxyl groups is 1. The van der Waals surface area contributed by atoms with E-state index in [0.717, 1.165) is 18.4 Å². The lowest BCUT2D eigenvalue weighted by atomic mass is 9.80. The summed E-state index contributed by atoms with van der Waals surface area (Å²) in [7, 11) is 1.67. The summed E-state index contributed by atoms with van der Waals surface area (Å²) in [6.45, 7) is 17.8. The Morgan fingerprint density at radius 1 is 1.26 bits per heavy atom. The highest BCUT2D eigenvalue weighted by Gasteiger charge is 2.41. The van der Waals surface area contributed by atoms with Crippen molar-refractivity contribution in [1.29, 1.82) is 0 Å². The van der Waals surface area contributed by atoms with Gasteiger partial charge in [-0.25, -0.2) is 4.79 Å². The Hall–Kier alpha value is -1.59. The Morgan fingerprint density at radius 2 is 1.89 bits per heavy atom. The third-order valence-electron chi connectivity index (χ3n) is 5.31. The monoisotopic (exact) mass is 379 g/mol. The number of allylic oxidation sites excluding steroid dienone is 2. The molecule has 5 heteroatoms. The van der Waals surface area contributed by atoms with Crippen molar-refractivity contribution in [2.45, 2.75) is 71.3 Å². The molecular weight excluding hydrogens is 342 g/mol. The minimum Gasteiger partial charge on any atom is -0.444 e. The summed E-state index contributed by atoms with van der Waals surface area (Å²) >= 11 is 0. The number of nitrogens with zero attached hydrogens (tertiary/aromatic N) is 1. The molecule has 154 valence electrons. The van der Waals surface area contributed by atoms with E-state index in [0.29, 0.717) is 6.54 Å². The number of likely N-dealkylation sites (tertiary alicyclic amines) is 1. The Labute approximate surface area is 164 Å². The van der Waals surface area contributed by atoms with Crippen LogP contribution in [0, 0.1) is 11.8 Å². The van der Waals surface area contributed by atoms with Crippen molar-refractivity contribution in [3.63, 3.8) is 0 Å². The van der Waals surface area contributed by atoms with Gasteiger partial charge < -0.3 is 19.5 Å². The molecule has 27 heavy (non-hydrogen) atoms. The Bertz CT molecular complexity index is 549. The molecule has 1 amide bonds. The molecule has 1 aliphatic heterocycles. The predicted octanol–water partition coefficient (Wildman–Crippen LogP) is 4.33. The van der Waals surface area contributed by atoms with Crippen LogP contribution >= 0.6 is 0 Å². The van der Waals surface area contributed by atoms with Gasteiger partial charge in [0.25, 0.3) is 0 Å². The molecule has 0 aromatic rings. The summed E-state index contributed by atoms with van der Waals surface area (Å²) in [5.74, 6) is -0.0635. The second-order valence-corrected chi connectivity index (χ2v) is 8.35. The number of carbonyl (C=O) groups is 1. The second-order valence-electron chi connectivity index (χ2n) is 8.35. The Morgan fingerprint density at radius 3 is 2.37 bits per heavy atom. The first kappa shape index (κ1) is 23.4. The standard InChI is InChI=1S/C22H37NO4/c1-9-12-17(10-2)19(24)15(3)16(4)20(26-8)18-13-11-14-23(18)21(25)27-22(5,6)7/h9-10,12,15-16,18-20,24H,1-2,11,13-14H2,3-8H3/b17-12+. The van der Waals surface area contributed by atoms with E-state index in [2.05, 4.69) is 20.1 Å². The molecule has 1 rings (SSSR count). The van der Waals surface area contributed by atoms with Crippen molar-refractivity contribution in [3.05, 3.63) is 37.0 Å². The molecule has 0 bridgehead atoms. The van der Waals surface area contributed by atoms with E-state index in [-0.39, 0.29) is 30.1 Å². The van der Waals surface area contributed by atoms with Crippen LogP contribution in [0.5, 0.6) is 0 Å². The molecule has 0 aromatic carbocycles. The van der Waals surface area contributed by atoms with Crippen LogP contribution in [-0.2, 0) is 9.47 Å². The molecule has 1 saturated heterocycles. The van der Waals surface area contributed by atoms with Crippen LogP contribution in [0.15, 0.2) is 37.0 Å². The molecule has 5 atom stereocenters. The van der Waals surface area contributed by atoms with Gasteiger partial charge in [-0.2, -0.15) is 0 Å². The molecule has 5 unspecified atom stereocenters. The molecule has 5 nitrogen and oxygen atoms in total. The average molecular weight is 380 g/mol. The third-order valence-corrected chi connectivity index (χ3v) is 5.31. The van der Waals surface area contributed by atoms with E-state index in [1.807, 2.05) is 27.7 Å². The van der Waals surface area contributed by atoms with E-state index in [4.69, 9.17) is 9.47 Å². The fourth-order valence-corrected chi connectivity index (χ4v) is 3.72. The van der Waals surface area contributed by atoms with E-state index in [1.165, 1.54) is 0 Å². The normalized spacial score (nSPS) is 22.7. The van der Waals surface area contributed by atoms with Gasteiger partial charge in [0.15, 0.2) is 0 Å². The number of hydrogen-bond acceptors (Lipinski definition) is 4. The third kappa shape index (κ3) is 6.22. The van der Waals surface area contributed by atoms with Crippen LogP contribution in [0.2, 0.25) is 0 Å². The first-order chi connectivity index (χ1) is 12.6. The number of amides is 1. The average Bonchev–Trinajstić information content (AvgIpc) is 3.07. The lowest BCUT2D eigenvalue weighted by Gasteiger charge is -2.38. The van der Waals surface area contributed by atoms with Crippen LogP contribution in [0.3, 0.4) is 0 Å². The summed E-state index contributed by atoms with van der Waals surface area (Å²) in [6, 6.07) is -0.0648. The highest BCUT2D eigenvalue weighted by atomic mass is 16.6. The smallest absolute Gasteiger partial charge is 0.410 e. The number of carbonyl (C=O) groups excluding carboxylic acids is 1. The fourth-order valence-electron chi connectivity index (χ4n) is 3.72. The highest BCUT2D eigenvalue weighted by molar-refractivity contribution is 5.69. The molecule has 1 N–H and O–H groups in total. The zero-order valence-corrected chi connectivity index (χ0v) is 17.8. The molecule has 0 spiro atoms.